The molecule has 0 heterocycles. The van der Waals surface area contributed by atoms with Gasteiger partial charge < -0.3 is 0 Å². The molecule has 184 valence electrons. The zero-order valence-electron chi connectivity index (χ0n) is 23.1. The van der Waals surface area contributed by atoms with Gasteiger partial charge in [0.15, 0.2) is 0 Å². The van der Waals surface area contributed by atoms with Crippen LogP contribution in [0.25, 0.3) is 11.1 Å². The van der Waals surface area contributed by atoms with E-state index in [0.29, 0.717) is 5.92 Å². The Morgan fingerprint density at radius 2 is 1.67 bits per heavy atom. The third-order valence-electron chi connectivity index (χ3n) is 8.12. The molecule has 36 heavy (non-hydrogen) atoms. The summed E-state index contributed by atoms with van der Waals surface area (Å²) in [5.41, 5.74) is 12.1. The quantitative estimate of drug-likeness (QED) is 0.233. The number of aryl methyl sites for hydroxylation is 2. The van der Waals surface area contributed by atoms with Crippen molar-refractivity contribution in [3.05, 3.63) is 109 Å². The van der Waals surface area contributed by atoms with E-state index in [9.17, 15) is 0 Å². The number of hydrogen-bond donors (Lipinski definition) is 0. The van der Waals surface area contributed by atoms with Crippen molar-refractivity contribution in [2.24, 2.45) is 11.3 Å². The third-order valence-corrected chi connectivity index (χ3v) is 16.3. The summed E-state index contributed by atoms with van der Waals surface area (Å²) in [6.45, 7) is 16.6. The van der Waals surface area contributed by atoms with Gasteiger partial charge in [-0.05, 0) is 0 Å². The molecular weight excluding hydrogens is 512 g/mol. The van der Waals surface area contributed by atoms with Crippen molar-refractivity contribution in [1.29, 1.82) is 0 Å². The Labute approximate surface area is 226 Å². The molecule has 0 aromatic heterocycles. The van der Waals surface area contributed by atoms with Gasteiger partial charge in [0.1, 0.15) is 0 Å². The predicted octanol–water partition coefficient (Wildman–Crippen LogP) is 8.65. The van der Waals surface area contributed by atoms with Gasteiger partial charge in [0.2, 0.25) is 0 Å². The first-order valence-electron chi connectivity index (χ1n) is 13.6. The zero-order chi connectivity index (χ0) is 25.6. The first kappa shape index (κ1) is 25.5. The van der Waals surface area contributed by atoms with Gasteiger partial charge >= 0.3 is 227 Å². The standard InChI is InChI=1S/C15H13.C12H19.C8H8.Zr/c1-10-3-5-14-12(7-10)9-13-8-11(2)4-6-15(13)14;1-5-6-10-7-8-11(9-10)12(2,3)4;1-2-8-6-4-3-5-7-8;/h3-7H,9H2,1-2H3;8-10H,5-6H2,1-4H3;3-7H,1H3;. The van der Waals surface area contributed by atoms with Crippen LogP contribution in [0.2, 0.25) is 0 Å². The summed E-state index contributed by atoms with van der Waals surface area (Å²) in [6.07, 6.45) is 8.86. The zero-order valence-corrected chi connectivity index (χ0v) is 25.6. The molecule has 3 aromatic carbocycles. The van der Waals surface area contributed by atoms with Crippen LogP contribution in [-0.2, 0) is 27.7 Å². The normalized spacial score (nSPS) is 17.4. The maximum atomic E-state index is 2.66. The third kappa shape index (κ3) is 4.65. The molecule has 0 radical (unpaired) electrons. The van der Waals surface area contributed by atoms with Crippen LogP contribution in [0.3, 0.4) is 0 Å². The molecule has 5 rings (SSSR count). The molecule has 0 saturated heterocycles. The summed E-state index contributed by atoms with van der Waals surface area (Å²) < 4.78 is 5.19. The second-order valence-electron chi connectivity index (χ2n) is 11.9. The summed E-state index contributed by atoms with van der Waals surface area (Å²) >= 11 is -2.48. The van der Waals surface area contributed by atoms with Crippen molar-refractivity contribution >= 4 is 6.48 Å². The van der Waals surface area contributed by atoms with Crippen molar-refractivity contribution in [2.45, 2.75) is 67.7 Å². The van der Waals surface area contributed by atoms with E-state index < -0.39 is 21.3 Å². The van der Waals surface area contributed by atoms with Crippen LogP contribution in [0, 0.1) is 25.2 Å². The maximum absolute atomic E-state index is 2.66. The van der Waals surface area contributed by atoms with Crippen molar-refractivity contribution in [3.8, 4) is 11.1 Å². The van der Waals surface area contributed by atoms with E-state index in [0.717, 1.165) is 6.42 Å². The minimum atomic E-state index is -2.48. The van der Waals surface area contributed by atoms with Crippen molar-refractivity contribution in [3.63, 3.8) is 0 Å². The predicted molar refractivity (Wildman–Crippen MR) is 154 cm³/mol. The van der Waals surface area contributed by atoms with Crippen molar-refractivity contribution in [1.82, 2.24) is 0 Å². The van der Waals surface area contributed by atoms with E-state index in [1.54, 1.807) is 20.9 Å². The van der Waals surface area contributed by atoms with Gasteiger partial charge in [-0.15, -0.1) is 0 Å². The van der Waals surface area contributed by atoms with Gasteiger partial charge in [0.05, 0.1) is 0 Å². The summed E-state index contributed by atoms with van der Waals surface area (Å²) in [5.74, 6) is 0.582. The molecule has 0 saturated carbocycles. The van der Waals surface area contributed by atoms with Crippen LogP contribution >= 0.6 is 0 Å². The van der Waals surface area contributed by atoms with Gasteiger partial charge in [-0.2, -0.15) is 0 Å². The monoisotopic (exact) mass is 550 g/mol. The molecule has 0 fully saturated rings. The first-order valence-corrected chi connectivity index (χ1v) is 17.3. The Bertz CT molecular complexity index is 1410. The number of fused-ring (bicyclic) bond motifs is 3. The SMILES string of the molecule is CCCC1C=C(C(C)(C)C)C=[C]1/[Zr](=[C](\C)c1ccccc1)[c]1c(C)ccc2c1Cc1cc(C)ccc1-2. The Morgan fingerprint density at radius 1 is 0.944 bits per heavy atom. The Morgan fingerprint density at radius 3 is 2.36 bits per heavy atom. The van der Waals surface area contributed by atoms with Crippen LogP contribution in [-0.4, -0.2) is 3.21 Å². The van der Waals surface area contributed by atoms with Gasteiger partial charge in [-0.1, -0.05) is 0 Å². The molecule has 0 amide bonds. The van der Waals surface area contributed by atoms with Crippen LogP contribution in [0.1, 0.15) is 75.3 Å². The van der Waals surface area contributed by atoms with E-state index in [1.807, 2.05) is 0 Å². The molecule has 0 aliphatic heterocycles. The molecule has 2 aliphatic rings. The fourth-order valence-corrected chi connectivity index (χ4v) is 14.6. The molecule has 2 aliphatic carbocycles. The topological polar surface area (TPSA) is 0 Å². The molecule has 0 N–H and O–H groups in total. The minimum absolute atomic E-state index is 0.185. The summed E-state index contributed by atoms with van der Waals surface area (Å²) in [7, 11) is 0. The number of rotatable bonds is 5. The molecule has 1 heteroatoms. The van der Waals surface area contributed by atoms with E-state index in [2.05, 4.69) is 121 Å². The molecular formula is C35H40Zr. The van der Waals surface area contributed by atoms with Gasteiger partial charge in [0.25, 0.3) is 0 Å². The van der Waals surface area contributed by atoms with Crippen LogP contribution in [0.4, 0.5) is 0 Å². The fraction of sp³-hybridized carbons (Fsp3) is 0.343. The fourth-order valence-electron chi connectivity index (χ4n) is 6.15. The van der Waals surface area contributed by atoms with Crippen LogP contribution < -0.4 is 3.27 Å². The molecule has 0 bridgehead atoms. The molecule has 1 atom stereocenters. The Balaban J connectivity index is 1.79. The van der Waals surface area contributed by atoms with Crippen molar-refractivity contribution < 1.29 is 21.3 Å². The van der Waals surface area contributed by atoms with Gasteiger partial charge in [-0.3, -0.25) is 0 Å². The van der Waals surface area contributed by atoms with Crippen LogP contribution in [0.5, 0.6) is 0 Å². The Hall–Kier alpha value is -2.11. The number of benzene rings is 3. The first-order chi connectivity index (χ1) is 17.2. The van der Waals surface area contributed by atoms with Gasteiger partial charge in [0, 0.05) is 0 Å². The molecule has 3 aromatic rings. The molecule has 0 nitrogen and oxygen atoms in total. The second kappa shape index (κ2) is 9.98. The Kier molecular flexibility index (Phi) is 7.08. The van der Waals surface area contributed by atoms with E-state index in [1.165, 1.54) is 46.2 Å². The summed E-state index contributed by atoms with van der Waals surface area (Å²) in [5, 5.41) is 0. The van der Waals surface area contributed by atoms with Gasteiger partial charge in [-0.25, -0.2) is 0 Å². The van der Waals surface area contributed by atoms with E-state index in [4.69, 9.17) is 0 Å². The summed E-state index contributed by atoms with van der Waals surface area (Å²) in [6, 6.07) is 23.1. The second-order valence-corrected chi connectivity index (χ2v) is 18.2. The number of allylic oxidation sites excluding steroid dienone is 4. The average molecular weight is 552 g/mol. The molecule has 1 unspecified atom stereocenters. The van der Waals surface area contributed by atoms with E-state index >= 15 is 0 Å². The average Bonchev–Trinajstić information content (AvgIpc) is 3.42. The van der Waals surface area contributed by atoms with Crippen LogP contribution in [0.15, 0.2) is 81.7 Å². The molecule has 0 spiro atoms. The summed E-state index contributed by atoms with van der Waals surface area (Å²) in [4.78, 5) is 0. The van der Waals surface area contributed by atoms with E-state index in [-0.39, 0.29) is 5.41 Å². The number of hydrogen-bond acceptors (Lipinski definition) is 0. The van der Waals surface area contributed by atoms with Crippen molar-refractivity contribution in [2.75, 3.05) is 0 Å².